The number of nitrogens with one attached hydrogen (secondary N) is 2. The Morgan fingerprint density at radius 2 is 1.66 bits per heavy atom. The molecule has 384 valence electrons. The minimum Gasteiger partial charge on any atom is -0.507 e. The molecule has 0 radical (unpaired) electrons. The molecule has 3 amide bonds. The molecule has 12 N–H and O–H groups in total. The number of carboxylic acid groups (broad SMARTS) is 1. The van der Waals surface area contributed by atoms with E-state index >= 15 is 0 Å². The zero-order valence-electron chi connectivity index (χ0n) is 37.5. The van der Waals surface area contributed by atoms with Crippen LogP contribution in [0.25, 0.3) is 0 Å². The van der Waals surface area contributed by atoms with Gasteiger partial charge in [0.25, 0.3) is 5.91 Å². The third-order valence-corrected chi connectivity index (χ3v) is 15.7. The first-order valence-corrected chi connectivity index (χ1v) is 24.0. The van der Waals surface area contributed by atoms with Crippen LogP contribution in [0.15, 0.2) is 29.5 Å². The first-order chi connectivity index (χ1) is 33.7. The van der Waals surface area contributed by atoms with Crippen LogP contribution in [-0.2, 0) is 44.5 Å². The van der Waals surface area contributed by atoms with Crippen LogP contribution in [0.1, 0.15) is 68.8 Å². The number of aliphatic hydroxyl groups excluding tert-OH is 6. The third-order valence-electron chi connectivity index (χ3n) is 13.2. The fourth-order valence-electron chi connectivity index (χ4n) is 9.58. The van der Waals surface area contributed by atoms with Crippen LogP contribution in [-0.4, -0.2) is 207 Å². The fraction of sp³-hybridized carbons (Fsp3) is 0.523. The monoisotopic (exact) mass is 1040 g/mol. The Bertz CT molecular complexity index is 2590. The van der Waals surface area contributed by atoms with Crippen LogP contribution in [0.5, 0.6) is 17.2 Å². The summed E-state index contributed by atoms with van der Waals surface area (Å²) in [5, 5.41) is 110. The van der Waals surface area contributed by atoms with Crippen molar-refractivity contribution in [3.63, 3.8) is 0 Å². The molecular weight excluding hydrogens is 987 g/mol. The molecule has 4 aliphatic heterocycles. The number of amides is 3. The number of carbonyl (C=O) groups excluding carboxylic acids is 6. The number of fused-ring (bicyclic) bond motifs is 4. The van der Waals surface area contributed by atoms with Crippen molar-refractivity contribution < 1.29 is 108 Å². The molecule has 3 fully saturated rings. The van der Waals surface area contributed by atoms with E-state index in [1.165, 1.54) is 32.2 Å². The van der Waals surface area contributed by atoms with E-state index in [4.69, 9.17) is 23.7 Å². The van der Waals surface area contributed by atoms with Gasteiger partial charge < -0.3 is 85.4 Å². The number of phenols is 2. The van der Waals surface area contributed by atoms with Gasteiger partial charge >= 0.3 is 12.1 Å². The number of β-lactam (4-membered cyclic amide) rings is 1. The predicted molar refractivity (Wildman–Crippen MR) is 238 cm³/mol. The highest BCUT2D eigenvalue weighted by molar-refractivity contribution is 8.00. The van der Waals surface area contributed by atoms with Gasteiger partial charge in [-0.1, -0.05) is 12.1 Å². The number of phenolic OH excluding ortho intramolecular Hbond substituents is 2. The SMILES string of the molecule is COc1cccc2c1C(=O)c1c(O)c3c(c(O)c1C2=O)C[C@@](O)(C(=O)CO)C[C@@H]3OC1CC(NC(=O)OCC2=C(C(=O)O)N3C(=O)[C@@H](NC(=O)CSC4OC(CO)C(O)C(O)C4O)[C@H]3SC2)C(O)C(C)O1. The van der Waals surface area contributed by atoms with Gasteiger partial charge in [0, 0.05) is 47.3 Å². The van der Waals surface area contributed by atoms with Crippen molar-refractivity contribution in [3.05, 3.63) is 62.8 Å². The quantitative estimate of drug-likeness (QED) is 0.0567. The Labute approximate surface area is 409 Å². The average Bonchev–Trinajstić information content (AvgIpc) is 3.34. The number of aliphatic carboxylic acids is 1. The van der Waals surface area contributed by atoms with Crippen LogP contribution >= 0.6 is 23.5 Å². The molecule has 2 aromatic rings. The Morgan fingerprint density at radius 1 is 0.944 bits per heavy atom. The molecule has 71 heavy (non-hydrogen) atoms. The number of aromatic hydroxyl groups is 2. The van der Waals surface area contributed by atoms with Gasteiger partial charge in [-0.15, -0.1) is 23.5 Å². The predicted octanol–water partition coefficient (Wildman–Crippen LogP) is -2.96. The Morgan fingerprint density at radius 3 is 2.34 bits per heavy atom. The molecule has 25 nitrogen and oxygen atoms in total. The summed E-state index contributed by atoms with van der Waals surface area (Å²) >= 11 is 1.79. The molecule has 6 aliphatic rings. The maximum absolute atomic E-state index is 14.0. The van der Waals surface area contributed by atoms with Crippen molar-refractivity contribution >= 4 is 64.8 Å². The molecule has 2 aromatic carbocycles. The highest BCUT2D eigenvalue weighted by Crippen LogP contribution is 2.53. The molecule has 0 aromatic heterocycles. The zero-order valence-corrected chi connectivity index (χ0v) is 39.1. The third kappa shape index (κ3) is 9.22. The van der Waals surface area contributed by atoms with Crippen molar-refractivity contribution in [3.8, 4) is 17.2 Å². The highest BCUT2D eigenvalue weighted by atomic mass is 32.2. The molecule has 2 aliphatic carbocycles. The van der Waals surface area contributed by atoms with Gasteiger partial charge in [-0.05, 0) is 13.0 Å². The van der Waals surface area contributed by atoms with Crippen molar-refractivity contribution in [2.24, 2.45) is 0 Å². The number of hydrogen-bond acceptors (Lipinski definition) is 23. The number of aliphatic hydroxyl groups is 7. The van der Waals surface area contributed by atoms with Crippen molar-refractivity contribution in [1.82, 2.24) is 15.5 Å². The first-order valence-electron chi connectivity index (χ1n) is 21.9. The van der Waals surface area contributed by atoms with E-state index in [1.807, 2.05) is 0 Å². The van der Waals surface area contributed by atoms with Gasteiger partial charge in [0.15, 0.2) is 17.9 Å². The van der Waals surface area contributed by atoms with Crippen LogP contribution in [0, 0.1) is 0 Å². The van der Waals surface area contributed by atoms with E-state index < -0.39 is 185 Å². The molecule has 4 heterocycles. The number of alkyl carbamates (subject to hydrolysis) is 1. The summed E-state index contributed by atoms with van der Waals surface area (Å²) in [5.41, 5.74) is -6.37. The molecule has 13 atom stereocenters. The number of rotatable bonds is 14. The van der Waals surface area contributed by atoms with Crippen LogP contribution in [0.3, 0.4) is 0 Å². The number of nitrogens with zero attached hydrogens (tertiary/aromatic N) is 1. The van der Waals surface area contributed by atoms with E-state index in [1.54, 1.807) is 0 Å². The molecule has 27 heteroatoms. The molecule has 0 bridgehead atoms. The van der Waals surface area contributed by atoms with Gasteiger partial charge in [-0.2, -0.15) is 0 Å². The molecule has 8 rings (SSSR count). The Kier molecular flexibility index (Phi) is 14.8. The fourth-order valence-corrected chi connectivity index (χ4v) is 11.9. The lowest BCUT2D eigenvalue weighted by Gasteiger charge is -2.49. The number of carbonyl (C=O) groups is 7. The van der Waals surface area contributed by atoms with Crippen molar-refractivity contribution in [1.29, 1.82) is 0 Å². The van der Waals surface area contributed by atoms with Gasteiger partial charge in [-0.3, -0.25) is 28.9 Å². The first kappa shape index (κ1) is 51.9. The lowest BCUT2D eigenvalue weighted by molar-refractivity contribution is -0.249. The summed E-state index contributed by atoms with van der Waals surface area (Å²) in [6, 6.07) is 1.77. The van der Waals surface area contributed by atoms with Crippen LogP contribution in [0.4, 0.5) is 4.79 Å². The van der Waals surface area contributed by atoms with Crippen LogP contribution < -0.4 is 15.4 Å². The summed E-state index contributed by atoms with van der Waals surface area (Å²) in [6.45, 7) is -1.08. The minimum absolute atomic E-state index is 0.000466. The number of Topliss-reactive ketones (excluding diaryl/α,β-unsaturated/α-hetero) is 1. The smallest absolute Gasteiger partial charge is 0.407 e. The van der Waals surface area contributed by atoms with E-state index in [0.717, 1.165) is 28.4 Å². The van der Waals surface area contributed by atoms with Gasteiger partial charge in [0.05, 0.1) is 54.4 Å². The normalized spacial score (nSPS) is 32.1. The van der Waals surface area contributed by atoms with E-state index in [2.05, 4.69) is 10.6 Å². The topological polar surface area (TPSA) is 395 Å². The second kappa shape index (κ2) is 20.2. The maximum Gasteiger partial charge on any atom is 0.407 e. The minimum atomic E-state index is -2.45. The second-order valence-corrected chi connectivity index (χ2v) is 19.7. The summed E-state index contributed by atoms with van der Waals surface area (Å²) in [7, 11) is 1.26. The number of hydrogen-bond donors (Lipinski definition) is 12. The standard InChI is InChI=1S/C44H49N3O22S2/c1-14-31(52)18(45-43(63)66-11-15-12-70-40-29(39(60)47(40)30(15)41(61)62)46-23(51)13-71-42-38(59)37(58)34(55)21(9-48)69-42)6-24(67-14)68-20-8-44(64,22(50)10-49)7-17-26(20)36(57)28-27(33(17)54)32(53)16-4-3-5-19(65-2)25(16)35(28)56/h3-5,14,18,20-21,24,29,31,34,37-38,40,42,48-49,52,54-55,57-59,64H,6-13H2,1-2H3,(H,45,63)(H,46,51)(H,61,62)/t14?,18?,20-,21?,24?,29+,31?,34?,37?,38?,40+,42?,44-/m0/s1. The summed E-state index contributed by atoms with van der Waals surface area (Å²) in [6.07, 6.45) is -14.6. The van der Waals surface area contributed by atoms with E-state index in [9.17, 15) is 84.6 Å². The number of thioether (sulfide) groups is 2. The number of ketones is 3. The highest BCUT2D eigenvalue weighted by Gasteiger charge is 2.55. The second-order valence-electron chi connectivity index (χ2n) is 17.5. The number of ether oxygens (including phenoxy) is 5. The van der Waals surface area contributed by atoms with E-state index in [-0.39, 0.29) is 45.8 Å². The van der Waals surface area contributed by atoms with E-state index in [0.29, 0.717) is 0 Å². The molecule has 3 saturated heterocycles. The lowest BCUT2D eigenvalue weighted by Crippen LogP contribution is -2.70. The molecule has 0 spiro atoms. The summed E-state index contributed by atoms with van der Waals surface area (Å²) in [4.78, 5) is 93.7. The van der Waals surface area contributed by atoms with Crippen molar-refractivity contribution in [2.75, 3.05) is 38.4 Å². The molecule has 9 unspecified atom stereocenters. The maximum atomic E-state index is 14.0. The number of methoxy groups -OCH3 is 1. The van der Waals surface area contributed by atoms with Crippen molar-refractivity contribution in [2.45, 2.75) is 104 Å². The summed E-state index contributed by atoms with van der Waals surface area (Å²) < 4.78 is 28.1. The average molecular weight is 1040 g/mol. The number of carboxylic acids is 1. The Hall–Kier alpha value is -5.43. The number of benzene rings is 2. The molecular formula is C44H49N3O22S2. The summed E-state index contributed by atoms with van der Waals surface area (Å²) in [5.74, 6) is -8.08. The largest absolute Gasteiger partial charge is 0.507 e. The Balaban J connectivity index is 0.938. The van der Waals surface area contributed by atoms with Gasteiger partial charge in [0.1, 0.15) is 89.1 Å². The van der Waals surface area contributed by atoms with Gasteiger partial charge in [-0.25, -0.2) is 9.59 Å². The zero-order chi connectivity index (χ0) is 51.5. The lowest BCUT2D eigenvalue weighted by atomic mass is 9.72. The van der Waals surface area contributed by atoms with Crippen LogP contribution in [0.2, 0.25) is 0 Å². The molecule has 0 saturated carbocycles. The van der Waals surface area contributed by atoms with Gasteiger partial charge in [0.2, 0.25) is 11.7 Å².